The van der Waals surface area contributed by atoms with Gasteiger partial charge in [-0.25, -0.2) is 0 Å². The van der Waals surface area contributed by atoms with Crippen molar-refractivity contribution in [1.82, 2.24) is 4.90 Å². The second-order valence-corrected chi connectivity index (χ2v) is 8.28. The minimum absolute atomic E-state index is 0.0821. The lowest BCUT2D eigenvalue weighted by atomic mass is 9.86. The summed E-state index contributed by atoms with van der Waals surface area (Å²) in [5.41, 5.74) is 3.33. The molecule has 0 spiro atoms. The average molecular weight is 351 g/mol. The summed E-state index contributed by atoms with van der Waals surface area (Å²) in [6, 6.07) is 18.8. The fraction of sp³-hybridized carbons (Fsp3) is 0.435. The molecule has 26 heavy (non-hydrogen) atoms. The molecule has 0 N–H and O–H groups in total. The van der Waals surface area contributed by atoms with Gasteiger partial charge in [-0.2, -0.15) is 0 Å². The van der Waals surface area contributed by atoms with E-state index in [1.807, 2.05) is 26.8 Å². The van der Waals surface area contributed by atoms with Gasteiger partial charge in [0.05, 0.1) is 5.92 Å². The summed E-state index contributed by atoms with van der Waals surface area (Å²) in [6.07, 6.45) is 0. The molecule has 2 atom stereocenters. The molecule has 3 rings (SSSR count). The van der Waals surface area contributed by atoms with E-state index in [-0.39, 0.29) is 17.8 Å². The van der Waals surface area contributed by atoms with Gasteiger partial charge in [-0.05, 0) is 44.4 Å². The molecule has 0 aromatic heterocycles. The van der Waals surface area contributed by atoms with E-state index in [9.17, 15) is 4.79 Å². The van der Waals surface area contributed by atoms with Crippen LogP contribution in [0.5, 0.6) is 0 Å². The van der Waals surface area contributed by atoms with Crippen LogP contribution in [0.2, 0.25) is 0 Å². The van der Waals surface area contributed by atoms with E-state index >= 15 is 0 Å². The largest absolute Gasteiger partial charge is 0.460 e. The highest BCUT2D eigenvalue weighted by atomic mass is 16.6. The van der Waals surface area contributed by atoms with Crippen molar-refractivity contribution in [2.24, 2.45) is 5.92 Å². The van der Waals surface area contributed by atoms with E-state index in [1.54, 1.807) is 0 Å². The van der Waals surface area contributed by atoms with Gasteiger partial charge in [0.25, 0.3) is 0 Å². The molecule has 1 saturated heterocycles. The Morgan fingerprint density at radius 2 is 1.69 bits per heavy atom. The predicted octanol–water partition coefficient (Wildman–Crippen LogP) is 4.55. The maximum Gasteiger partial charge on any atom is 0.311 e. The van der Waals surface area contributed by atoms with E-state index in [2.05, 4.69) is 60.4 Å². The fourth-order valence-electron chi connectivity index (χ4n) is 3.79. The van der Waals surface area contributed by atoms with Gasteiger partial charge in [-0.1, -0.05) is 54.6 Å². The number of ether oxygens (including phenoxy) is 1. The third-order valence-electron chi connectivity index (χ3n) is 4.94. The lowest BCUT2D eigenvalue weighted by molar-refractivity contribution is -0.160. The van der Waals surface area contributed by atoms with Crippen LogP contribution >= 0.6 is 0 Å². The SMILES string of the molecule is Cc1ccccc1C1CN(Cc2ccccc2)CC1C(=O)OC(C)(C)C. The van der Waals surface area contributed by atoms with Crippen LogP contribution < -0.4 is 0 Å². The smallest absolute Gasteiger partial charge is 0.311 e. The van der Waals surface area contributed by atoms with Crippen molar-refractivity contribution in [3.05, 3.63) is 71.3 Å². The molecular formula is C23H29NO2. The predicted molar refractivity (Wildman–Crippen MR) is 105 cm³/mol. The zero-order chi connectivity index (χ0) is 18.7. The summed E-state index contributed by atoms with van der Waals surface area (Å²) >= 11 is 0. The summed E-state index contributed by atoms with van der Waals surface area (Å²) < 4.78 is 5.75. The first-order valence-corrected chi connectivity index (χ1v) is 9.38. The molecule has 0 radical (unpaired) electrons. The first-order valence-electron chi connectivity index (χ1n) is 9.38. The van der Waals surface area contributed by atoms with Gasteiger partial charge in [0.15, 0.2) is 0 Å². The molecule has 1 fully saturated rings. The molecule has 2 unspecified atom stereocenters. The van der Waals surface area contributed by atoms with E-state index < -0.39 is 5.60 Å². The lowest BCUT2D eigenvalue weighted by Gasteiger charge is -2.25. The zero-order valence-corrected chi connectivity index (χ0v) is 16.2. The van der Waals surface area contributed by atoms with E-state index in [1.165, 1.54) is 16.7 Å². The summed E-state index contributed by atoms with van der Waals surface area (Å²) in [5, 5.41) is 0. The zero-order valence-electron chi connectivity index (χ0n) is 16.2. The molecule has 0 aliphatic carbocycles. The Morgan fingerprint density at radius 3 is 2.35 bits per heavy atom. The molecule has 1 aliphatic rings. The van der Waals surface area contributed by atoms with Crippen LogP contribution in [0.4, 0.5) is 0 Å². The van der Waals surface area contributed by atoms with Crippen LogP contribution in [-0.4, -0.2) is 29.6 Å². The van der Waals surface area contributed by atoms with Gasteiger partial charge in [-0.3, -0.25) is 9.69 Å². The Hall–Kier alpha value is -2.13. The number of carbonyl (C=O) groups is 1. The number of benzene rings is 2. The number of aryl methyl sites for hydroxylation is 1. The standard InChI is InChI=1S/C23H29NO2/c1-17-10-8-9-13-19(17)20-15-24(14-18-11-6-5-7-12-18)16-21(20)22(25)26-23(2,3)4/h5-13,20-21H,14-16H2,1-4H3. The van der Waals surface area contributed by atoms with Crippen LogP contribution in [0.3, 0.4) is 0 Å². The maximum atomic E-state index is 12.9. The monoisotopic (exact) mass is 351 g/mol. The average Bonchev–Trinajstić information content (AvgIpc) is 2.98. The number of nitrogens with zero attached hydrogens (tertiary/aromatic N) is 1. The highest BCUT2D eigenvalue weighted by Gasteiger charge is 2.41. The van der Waals surface area contributed by atoms with Gasteiger partial charge in [0, 0.05) is 25.6 Å². The van der Waals surface area contributed by atoms with E-state index in [0.29, 0.717) is 0 Å². The second kappa shape index (κ2) is 7.63. The number of rotatable bonds is 4. The molecule has 0 bridgehead atoms. The van der Waals surface area contributed by atoms with Gasteiger partial charge in [-0.15, -0.1) is 0 Å². The van der Waals surface area contributed by atoms with E-state index in [4.69, 9.17) is 4.74 Å². The molecule has 0 saturated carbocycles. The molecule has 2 aromatic rings. The minimum Gasteiger partial charge on any atom is -0.460 e. The first-order chi connectivity index (χ1) is 12.3. The third-order valence-corrected chi connectivity index (χ3v) is 4.94. The Kier molecular flexibility index (Phi) is 5.47. The van der Waals surface area contributed by atoms with Crippen LogP contribution in [0.1, 0.15) is 43.4 Å². The molecule has 1 aliphatic heterocycles. The molecule has 2 aromatic carbocycles. The van der Waals surface area contributed by atoms with Crippen LogP contribution in [-0.2, 0) is 16.1 Å². The Balaban J connectivity index is 1.83. The van der Waals surface area contributed by atoms with Gasteiger partial charge >= 0.3 is 5.97 Å². The quantitative estimate of drug-likeness (QED) is 0.757. The summed E-state index contributed by atoms with van der Waals surface area (Å²) in [6.45, 7) is 10.4. The van der Waals surface area contributed by atoms with Crippen LogP contribution in [0.25, 0.3) is 0 Å². The number of esters is 1. The number of likely N-dealkylation sites (tertiary alicyclic amines) is 1. The summed E-state index contributed by atoms with van der Waals surface area (Å²) in [7, 11) is 0. The normalized spacial score (nSPS) is 20.9. The van der Waals surface area contributed by atoms with Crippen molar-refractivity contribution in [2.45, 2.75) is 45.8 Å². The topological polar surface area (TPSA) is 29.5 Å². The lowest BCUT2D eigenvalue weighted by Crippen LogP contribution is -2.32. The third kappa shape index (κ3) is 4.53. The van der Waals surface area contributed by atoms with Gasteiger partial charge < -0.3 is 4.74 Å². The van der Waals surface area contributed by atoms with Crippen molar-refractivity contribution < 1.29 is 9.53 Å². The Morgan fingerprint density at radius 1 is 1.04 bits per heavy atom. The number of hydrogen-bond donors (Lipinski definition) is 0. The highest BCUT2D eigenvalue weighted by molar-refractivity contribution is 5.75. The molecule has 3 nitrogen and oxygen atoms in total. The first kappa shape index (κ1) is 18.7. The van der Waals surface area contributed by atoms with Crippen molar-refractivity contribution in [1.29, 1.82) is 0 Å². The Bertz CT molecular complexity index is 748. The summed E-state index contributed by atoms with van der Waals surface area (Å²) in [5.74, 6) is -0.0323. The van der Waals surface area contributed by atoms with Crippen LogP contribution in [0.15, 0.2) is 54.6 Å². The van der Waals surface area contributed by atoms with Crippen molar-refractivity contribution in [2.75, 3.05) is 13.1 Å². The molecule has 138 valence electrons. The Labute approximate surface area is 157 Å². The molecular weight excluding hydrogens is 322 g/mol. The second-order valence-electron chi connectivity index (χ2n) is 8.28. The van der Waals surface area contributed by atoms with Gasteiger partial charge in [0.2, 0.25) is 0 Å². The van der Waals surface area contributed by atoms with Crippen molar-refractivity contribution in [3.63, 3.8) is 0 Å². The molecule has 0 amide bonds. The number of hydrogen-bond acceptors (Lipinski definition) is 3. The highest BCUT2D eigenvalue weighted by Crippen LogP contribution is 2.36. The van der Waals surface area contributed by atoms with Crippen molar-refractivity contribution >= 4 is 5.97 Å². The molecule has 3 heteroatoms. The minimum atomic E-state index is -0.458. The summed E-state index contributed by atoms with van der Waals surface area (Å²) in [4.78, 5) is 15.3. The molecule has 1 heterocycles. The maximum absolute atomic E-state index is 12.9. The van der Waals surface area contributed by atoms with E-state index in [0.717, 1.165) is 19.6 Å². The van der Waals surface area contributed by atoms with Crippen LogP contribution in [0, 0.1) is 12.8 Å². The number of carbonyl (C=O) groups excluding carboxylic acids is 1. The van der Waals surface area contributed by atoms with Gasteiger partial charge in [0.1, 0.15) is 5.60 Å². The fourth-order valence-corrected chi connectivity index (χ4v) is 3.79. The van der Waals surface area contributed by atoms with Crippen molar-refractivity contribution in [3.8, 4) is 0 Å².